The van der Waals surface area contributed by atoms with E-state index < -0.39 is 7.26 Å². The van der Waals surface area contributed by atoms with E-state index in [1.54, 1.807) is 19.0 Å². The Labute approximate surface area is 225 Å². The van der Waals surface area contributed by atoms with Gasteiger partial charge in [-0.25, -0.2) is 9.78 Å². The van der Waals surface area contributed by atoms with Crippen molar-refractivity contribution < 1.29 is 4.79 Å². The van der Waals surface area contributed by atoms with Gasteiger partial charge in [-0.1, -0.05) is 65.5 Å². The Morgan fingerprint density at radius 2 is 1.46 bits per heavy atom. The van der Waals surface area contributed by atoms with Gasteiger partial charge in [0.1, 0.15) is 0 Å². The molecule has 2 rings (SSSR count). The maximum atomic E-state index is 13.4. The molecule has 0 bridgehead atoms. The summed E-state index contributed by atoms with van der Waals surface area (Å²) in [5.74, 6) is 0.287. The molecular weight excluding hydrogens is 479 g/mol. The third-order valence-corrected chi connectivity index (χ3v) is 12.1. The highest BCUT2D eigenvalue weighted by Crippen LogP contribution is 2.63. The lowest BCUT2D eigenvalue weighted by molar-refractivity contribution is 0.253. The molecule has 2 aromatic rings. The smallest absolute Gasteiger partial charge is 0.297 e. The number of H-pyrrole nitrogens is 1. The number of nitrogens with one attached hydrogen (secondary N) is 1. The van der Waals surface area contributed by atoms with E-state index in [1.807, 2.05) is 6.07 Å². The Hall–Kier alpha value is -2.20. The topological polar surface area (TPSA) is 69.3 Å². The fraction of sp³-hybridized carbons (Fsp3) is 0.633. The van der Waals surface area contributed by atoms with E-state index in [-0.39, 0.29) is 17.5 Å². The number of benzene rings is 1. The van der Waals surface area contributed by atoms with Crippen LogP contribution in [0.4, 0.5) is 16.4 Å². The second kappa shape index (κ2) is 15.9. The van der Waals surface area contributed by atoms with Crippen LogP contribution in [0.15, 0.2) is 35.1 Å². The summed E-state index contributed by atoms with van der Waals surface area (Å²) in [5, 5.41) is 0. The quantitative estimate of drug-likeness (QED) is 0.226. The van der Waals surface area contributed by atoms with Crippen molar-refractivity contribution in [2.24, 2.45) is 0 Å². The number of nitrogens with zero attached hydrogens (tertiary/aromatic N) is 3. The van der Waals surface area contributed by atoms with Crippen LogP contribution in [0.1, 0.15) is 90.3 Å². The van der Waals surface area contributed by atoms with Crippen LogP contribution in [0.25, 0.3) is 0 Å². The Bertz CT molecular complexity index is 1000. The molecule has 7 heteroatoms. The summed E-state index contributed by atoms with van der Waals surface area (Å²) in [7, 11) is 2.37. The van der Waals surface area contributed by atoms with Gasteiger partial charge in [0.2, 0.25) is 5.95 Å². The van der Waals surface area contributed by atoms with Crippen molar-refractivity contribution in [1.29, 1.82) is 0 Å². The number of rotatable bonds is 16. The number of hydrogen-bond donors (Lipinski definition) is 1. The summed E-state index contributed by atoms with van der Waals surface area (Å²) in [6.45, 7) is 9.01. The van der Waals surface area contributed by atoms with Gasteiger partial charge in [-0.2, -0.15) is 0 Å². The van der Waals surface area contributed by atoms with E-state index in [0.717, 1.165) is 36.8 Å². The summed E-state index contributed by atoms with van der Waals surface area (Å²) in [6, 6.07) is 9.80. The number of urea groups is 1. The van der Waals surface area contributed by atoms with Gasteiger partial charge in [0, 0.05) is 38.8 Å². The van der Waals surface area contributed by atoms with E-state index in [9.17, 15) is 9.59 Å². The Balaban J connectivity index is 2.26. The van der Waals surface area contributed by atoms with Gasteiger partial charge in [-0.3, -0.25) is 19.6 Å². The van der Waals surface area contributed by atoms with Crippen LogP contribution in [-0.4, -0.2) is 48.6 Å². The molecular formula is C30H50N4O2P+. The van der Waals surface area contributed by atoms with Crippen LogP contribution >= 0.6 is 7.26 Å². The van der Waals surface area contributed by atoms with Gasteiger partial charge in [0.15, 0.2) is 0 Å². The highest BCUT2D eigenvalue weighted by molar-refractivity contribution is 7.75. The van der Waals surface area contributed by atoms with Gasteiger partial charge >= 0.3 is 6.03 Å². The molecule has 0 spiro atoms. The molecule has 37 heavy (non-hydrogen) atoms. The van der Waals surface area contributed by atoms with Crippen molar-refractivity contribution in [2.45, 2.75) is 91.6 Å². The third-order valence-electron chi connectivity index (χ3n) is 7.23. The number of aromatic amines is 1. The Morgan fingerprint density at radius 1 is 0.865 bits per heavy atom. The van der Waals surface area contributed by atoms with Crippen LogP contribution < -0.4 is 15.4 Å². The number of carbonyl (C=O) groups excluding carboxylic acids is 1. The average Bonchev–Trinajstić information content (AvgIpc) is 2.91. The molecule has 1 heterocycles. The van der Waals surface area contributed by atoms with Crippen LogP contribution in [-0.2, 0) is 12.6 Å². The molecule has 0 fully saturated rings. The first-order valence-electron chi connectivity index (χ1n) is 14.3. The molecule has 206 valence electrons. The second-order valence-electron chi connectivity index (χ2n) is 10.5. The minimum atomic E-state index is -1.09. The van der Waals surface area contributed by atoms with Crippen molar-refractivity contribution in [1.82, 2.24) is 9.97 Å². The predicted molar refractivity (Wildman–Crippen MR) is 162 cm³/mol. The third kappa shape index (κ3) is 9.56. The number of anilines is 2. The highest BCUT2D eigenvalue weighted by Gasteiger charge is 2.35. The van der Waals surface area contributed by atoms with E-state index >= 15 is 0 Å². The van der Waals surface area contributed by atoms with Gasteiger partial charge < -0.3 is 0 Å². The van der Waals surface area contributed by atoms with E-state index in [2.05, 4.69) is 55.9 Å². The van der Waals surface area contributed by atoms with Crippen molar-refractivity contribution >= 4 is 24.9 Å². The van der Waals surface area contributed by atoms with Crippen molar-refractivity contribution in [2.75, 3.05) is 42.4 Å². The zero-order valence-electron chi connectivity index (χ0n) is 24.2. The lowest BCUT2D eigenvalue weighted by atomic mass is 10.2. The molecule has 1 aromatic heterocycles. The summed E-state index contributed by atoms with van der Waals surface area (Å²) in [5.41, 5.74) is 2.70. The van der Waals surface area contributed by atoms with Gasteiger partial charge in [0.05, 0.1) is 24.6 Å². The molecule has 0 radical (unpaired) electrons. The number of unbranched alkanes of at least 4 members (excludes halogenated alkanes) is 4. The van der Waals surface area contributed by atoms with Gasteiger partial charge in [0.25, 0.3) is 5.56 Å². The largest absolute Gasteiger partial charge is 0.330 e. The van der Waals surface area contributed by atoms with Crippen molar-refractivity contribution in [3.05, 3.63) is 51.9 Å². The molecule has 1 N–H and O–H groups in total. The van der Waals surface area contributed by atoms with E-state index in [0.29, 0.717) is 0 Å². The number of amides is 2. The molecule has 1 aromatic carbocycles. The van der Waals surface area contributed by atoms with Gasteiger partial charge in [-0.05, 0) is 49.8 Å². The molecule has 6 nitrogen and oxygen atoms in total. The maximum absolute atomic E-state index is 13.4. The Morgan fingerprint density at radius 3 is 2.03 bits per heavy atom. The summed E-state index contributed by atoms with van der Waals surface area (Å²) in [4.78, 5) is 36.0. The second-order valence-corrected chi connectivity index (χ2v) is 14.8. The minimum absolute atomic E-state index is 0.225. The fourth-order valence-electron chi connectivity index (χ4n) is 4.87. The monoisotopic (exact) mass is 529 g/mol. The zero-order chi connectivity index (χ0) is 27.3. The first-order chi connectivity index (χ1) is 17.8. The summed E-state index contributed by atoms with van der Waals surface area (Å²) in [6.07, 6.45) is 15.7. The van der Waals surface area contributed by atoms with Crippen molar-refractivity contribution in [3.8, 4) is 0 Å². The fourth-order valence-corrected chi connectivity index (χ4v) is 9.95. The van der Waals surface area contributed by atoms with Gasteiger partial charge in [-0.15, -0.1) is 0 Å². The number of carbonyl (C=O) groups is 1. The molecule has 0 aliphatic rings. The molecule has 0 saturated carbocycles. The lowest BCUT2D eigenvalue weighted by Crippen LogP contribution is -2.40. The number of hydrogen-bond acceptors (Lipinski definition) is 3. The highest BCUT2D eigenvalue weighted by atomic mass is 31.2. The molecule has 0 aliphatic heterocycles. The standard InChI is InChI=1S/C30H49N4O2P/c1-7-11-17-26-23-28(35)32-29(31-26)34(6)30(36)33(5)27-18-15-16-25(22-27)24-37(19-12-8-2,20-13-9-3)21-14-10-4/h15-16,18,22-23H,7-14,17,19-21,24H2,1-6H3/p+1. The average molecular weight is 530 g/mol. The Kier molecular flexibility index (Phi) is 13.3. The molecule has 2 amide bonds. The van der Waals surface area contributed by atoms with Crippen molar-refractivity contribution in [3.63, 3.8) is 0 Å². The zero-order valence-corrected chi connectivity index (χ0v) is 25.1. The van der Waals surface area contributed by atoms with Crippen LogP contribution in [0.3, 0.4) is 0 Å². The van der Waals surface area contributed by atoms with Crippen LogP contribution in [0, 0.1) is 0 Å². The summed E-state index contributed by atoms with van der Waals surface area (Å²) < 4.78 is 0. The molecule has 0 atom stereocenters. The predicted octanol–water partition coefficient (Wildman–Crippen LogP) is 7.72. The lowest BCUT2D eigenvalue weighted by Gasteiger charge is -2.29. The van der Waals surface area contributed by atoms with Crippen LogP contribution in [0.2, 0.25) is 0 Å². The molecule has 0 saturated heterocycles. The van der Waals surface area contributed by atoms with E-state index in [1.165, 1.54) is 73.5 Å². The van der Waals surface area contributed by atoms with E-state index in [4.69, 9.17) is 0 Å². The maximum Gasteiger partial charge on any atom is 0.330 e. The number of aryl methyl sites for hydroxylation is 1. The number of aromatic nitrogens is 2. The SMILES string of the molecule is CCCCc1cc(=O)[nH]c(N(C)C(=O)N(C)c2cccc(C[P+](CCCC)(CCCC)CCCC)c2)n1. The first kappa shape index (κ1) is 31.0. The molecule has 0 unspecified atom stereocenters. The van der Waals surface area contributed by atoms with Crippen LogP contribution in [0.5, 0.6) is 0 Å². The summed E-state index contributed by atoms with van der Waals surface area (Å²) >= 11 is 0. The minimum Gasteiger partial charge on any atom is -0.297 e. The first-order valence-corrected chi connectivity index (χ1v) is 16.9. The molecule has 0 aliphatic carbocycles. The normalized spacial score (nSPS) is 11.5.